The van der Waals surface area contributed by atoms with Crippen molar-refractivity contribution in [2.75, 3.05) is 6.54 Å². The van der Waals surface area contributed by atoms with Crippen LogP contribution in [0.2, 0.25) is 5.02 Å². The number of hydrogen-bond acceptors (Lipinski definition) is 3. The van der Waals surface area contributed by atoms with Crippen LogP contribution in [0, 0.1) is 6.92 Å². The van der Waals surface area contributed by atoms with E-state index in [9.17, 15) is 0 Å². The summed E-state index contributed by atoms with van der Waals surface area (Å²) in [5.41, 5.74) is 6.83. The lowest BCUT2D eigenvalue weighted by molar-refractivity contribution is 0.216. The van der Waals surface area contributed by atoms with Gasteiger partial charge in [0.05, 0.1) is 0 Å². The van der Waals surface area contributed by atoms with Gasteiger partial charge in [0.15, 0.2) is 0 Å². The summed E-state index contributed by atoms with van der Waals surface area (Å²) < 4.78 is 7.00. The standard InChI is InChI=1S/C13H13BrClNOS/c1-8-2-3-10(15)5-11(8)17-12(6-16)13-4-9(14)7-18-13/h2-5,7,12H,6,16H2,1H3. The van der Waals surface area contributed by atoms with Crippen LogP contribution >= 0.6 is 38.9 Å². The Balaban J connectivity index is 2.22. The van der Waals surface area contributed by atoms with Crippen molar-refractivity contribution < 1.29 is 4.74 Å². The number of rotatable bonds is 4. The lowest BCUT2D eigenvalue weighted by Crippen LogP contribution is -2.17. The van der Waals surface area contributed by atoms with E-state index in [2.05, 4.69) is 15.9 Å². The number of hydrogen-bond donors (Lipinski definition) is 1. The van der Waals surface area contributed by atoms with Crippen molar-refractivity contribution in [3.63, 3.8) is 0 Å². The fourth-order valence-corrected chi connectivity index (χ4v) is 3.22. The molecule has 1 aromatic heterocycles. The lowest BCUT2D eigenvalue weighted by atomic mass is 10.2. The lowest BCUT2D eigenvalue weighted by Gasteiger charge is -2.17. The van der Waals surface area contributed by atoms with Crippen molar-refractivity contribution in [2.45, 2.75) is 13.0 Å². The average Bonchev–Trinajstić information content (AvgIpc) is 2.77. The van der Waals surface area contributed by atoms with E-state index in [1.807, 2.05) is 36.6 Å². The molecule has 96 valence electrons. The highest BCUT2D eigenvalue weighted by atomic mass is 79.9. The summed E-state index contributed by atoms with van der Waals surface area (Å²) in [6, 6.07) is 7.64. The summed E-state index contributed by atoms with van der Waals surface area (Å²) >= 11 is 11.0. The number of nitrogens with two attached hydrogens (primary N) is 1. The summed E-state index contributed by atoms with van der Waals surface area (Å²) in [5.74, 6) is 0.780. The molecule has 0 saturated heterocycles. The van der Waals surface area contributed by atoms with Gasteiger partial charge in [0.1, 0.15) is 11.9 Å². The van der Waals surface area contributed by atoms with E-state index < -0.39 is 0 Å². The van der Waals surface area contributed by atoms with Gasteiger partial charge in [-0.05, 0) is 46.6 Å². The monoisotopic (exact) mass is 345 g/mol. The Hall–Kier alpha value is -0.550. The largest absolute Gasteiger partial charge is 0.483 e. The van der Waals surface area contributed by atoms with Gasteiger partial charge in [0.25, 0.3) is 0 Å². The van der Waals surface area contributed by atoms with Crippen LogP contribution in [0.3, 0.4) is 0 Å². The molecule has 2 N–H and O–H groups in total. The fraction of sp³-hybridized carbons (Fsp3) is 0.231. The molecule has 0 amide bonds. The van der Waals surface area contributed by atoms with Crippen molar-refractivity contribution >= 4 is 38.9 Å². The first-order chi connectivity index (χ1) is 8.60. The highest BCUT2D eigenvalue weighted by Crippen LogP contribution is 2.31. The minimum Gasteiger partial charge on any atom is -0.483 e. The van der Waals surface area contributed by atoms with Gasteiger partial charge in [-0.2, -0.15) is 0 Å². The smallest absolute Gasteiger partial charge is 0.145 e. The van der Waals surface area contributed by atoms with Gasteiger partial charge in [-0.25, -0.2) is 0 Å². The van der Waals surface area contributed by atoms with E-state index >= 15 is 0 Å². The van der Waals surface area contributed by atoms with Crippen molar-refractivity contribution in [3.05, 3.63) is 49.6 Å². The van der Waals surface area contributed by atoms with Crippen LogP contribution in [0.15, 0.2) is 34.1 Å². The zero-order valence-electron chi connectivity index (χ0n) is 9.82. The first-order valence-corrected chi connectivity index (χ1v) is 7.52. The molecule has 0 radical (unpaired) electrons. The van der Waals surface area contributed by atoms with Gasteiger partial charge < -0.3 is 10.5 Å². The summed E-state index contributed by atoms with van der Waals surface area (Å²) in [5, 5.41) is 2.69. The first-order valence-electron chi connectivity index (χ1n) is 5.47. The van der Waals surface area contributed by atoms with E-state index in [0.29, 0.717) is 11.6 Å². The molecule has 1 unspecified atom stereocenters. The van der Waals surface area contributed by atoms with E-state index in [4.69, 9.17) is 22.1 Å². The molecule has 1 atom stereocenters. The summed E-state index contributed by atoms with van der Waals surface area (Å²) in [6.45, 7) is 2.42. The molecular weight excluding hydrogens is 334 g/mol. The predicted molar refractivity (Wildman–Crippen MR) is 80.6 cm³/mol. The fourth-order valence-electron chi connectivity index (χ4n) is 1.57. The number of aryl methyl sites for hydroxylation is 1. The summed E-state index contributed by atoms with van der Waals surface area (Å²) in [6.07, 6.45) is -0.140. The maximum atomic E-state index is 5.98. The van der Waals surface area contributed by atoms with E-state index in [1.165, 1.54) is 0 Å². The Labute approximate surface area is 124 Å². The molecule has 1 aromatic carbocycles. The third kappa shape index (κ3) is 3.26. The van der Waals surface area contributed by atoms with Gasteiger partial charge in [-0.3, -0.25) is 0 Å². The molecule has 2 rings (SSSR count). The molecule has 18 heavy (non-hydrogen) atoms. The van der Waals surface area contributed by atoms with E-state index in [-0.39, 0.29) is 6.10 Å². The van der Waals surface area contributed by atoms with Gasteiger partial charge in [-0.15, -0.1) is 11.3 Å². The minimum atomic E-state index is -0.140. The average molecular weight is 347 g/mol. The Morgan fingerprint density at radius 2 is 2.22 bits per heavy atom. The second-order valence-electron chi connectivity index (χ2n) is 3.92. The third-order valence-electron chi connectivity index (χ3n) is 2.54. The van der Waals surface area contributed by atoms with E-state index in [0.717, 1.165) is 20.7 Å². The summed E-state index contributed by atoms with van der Waals surface area (Å²) in [4.78, 5) is 1.10. The van der Waals surface area contributed by atoms with Crippen LogP contribution in [-0.4, -0.2) is 6.54 Å². The molecule has 0 saturated carbocycles. The molecule has 0 aliphatic heterocycles. The maximum absolute atomic E-state index is 5.98. The van der Waals surface area contributed by atoms with Crippen LogP contribution in [0.25, 0.3) is 0 Å². The molecule has 2 nitrogen and oxygen atoms in total. The molecule has 1 heterocycles. The molecule has 2 aromatic rings. The van der Waals surface area contributed by atoms with Gasteiger partial charge in [0, 0.05) is 26.3 Å². The van der Waals surface area contributed by atoms with Gasteiger partial charge in [0.2, 0.25) is 0 Å². The van der Waals surface area contributed by atoms with Crippen LogP contribution < -0.4 is 10.5 Å². The molecule has 0 bridgehead atoms. The number of benzene rings is 1. The number of ether oxygens (including phenoxy) is 1. The van der Waals surface area contributed by atoms with Crippen molar-refractivity contribution in [1.82, 2.24) is 0 Å². The molecule has 0 spiro atoms. The summed E-state index contributed by atoms with van der Waals surface area (Å²) in [7, 11) is 0. The van der Waals surface area contributed by atoms with Gasteiger partial charge in [-0.1, -0.05) is 17.7 Å². The molecular formula is C13H13BrClNOS. The quantitative estimate of drug-likeness (QED) is 0.881. The van der Waals surface area contributed by atoms with Crippen LogP contribution in [0.1, 0.15) is 16.5 Å². The first kappa shape index (κ1) is 13.9. The Morgan fingerprint density at radius 3 is 2.83 bits per heavy atom. The Morgan fingerprint density at radius 1 is 1.44 bits per heavy atom. The normalized spacial score (nSPS) is 12.4. The van der Waals surface area contributed by atoms with Crippen molar-refractivity contribution in [1.29, 1.82) is 0 Å². The highest BCUT2D eigenvalue weighted by molar-refractivity contribution is 9.10. The van der Waals surface area contributed by atoms with Crippen molar-refractivity contribution in [2.24, 2.45) is 5.73 Å². The zero-order chi connectivity index (χ0) is 13.1. The molecule has 5 heteroatoms. The van der Waals surface area contributed by atoms with Gasteiger partial charge >= 0.3 is 0 Å². The van der Waals surface area contributed by atoms with Crippen LogP contribution in [0.4, 0.5) is 0 Å². The second kappa shape index (κ2) is 6.06. The van der Waals surface area contributed by atoms with Crippen molar-refractivity contribution in [3.8, 4) is 5.75 Å². The third-order valence-corrected chi connectivity index (χ3v) is 4.56. The Bertz CT molecular complexity index is 544. The Kier molecular flexibility index (Phi) is 4.67. The zero-order valence-corrected chi connectivity index (χ0v) is 13.0. The SMILES string of the molecule is Cc1ccc(Cl)cc1OC(CN)c1cc(Br)cs1. The second-order valence-corrected chi connectivity index (χ2v) is 6.21. The molecule has 0 fully saturated rings. The predicted octanol–water partition coefficient (Wildman–Crippen LogP) is 4.55. The van der Waals surface area contributed by atoms with Crippen LogP contribution in [0.5, 0.6) is 5.75 Å². The minimum absolute atomic E-state index is 0.140. The highest BCUT2D eigenvalue weighted by Gasteiger charge is 2.15. The van der Waals surface area contributed by atoms with E-state index in [1.54, 1.807) is 11.3 Å². The topological polar surface area (TPSA) is 35.2 Å². The number of halogens is 2. The van der Waals surface area contributed by atoms with Crippen LogP contribution in [-0.2, 0) is 0 Å². The maximum Gasteiger partial charge on any atom is 0.145 e. The number of thiophene rings is 1. The molecule has 0 aliphatic carbocycles. The molecule has 0 aliphatic rings.